The lowest BCUT2D eigenvalue weighted by Gasteiger charge is -2.19. The van der Waals surface area contributed by atoms with Gasteiger partial charge in [0.05, 0.1) is 11.3 Å². The molecule has 0 aliphatic carbocycles. The van der Waals surface area contributed by atoms with Gasteiger partial charge in [-0.05, 0) is 30.8 Å². The lowest BCUT2D eigenvalue weighted by molar-refractivity contribution is -0.138. The van der Waals surface area contributed by atoms with Crippen molar-refractivity contribution in [2.45, 2.75) is 19.1 Å². The van der Waals surface area contributed by atoms with Crippen molar-refractivity contribution in [1.82, 2.24) is 4.90 Å². The maximum absolute atomic E-state index is 13.5. The maximum atomic E-state index is 13.5. The summed E-state index contributed by atoms with van der Waals surface area (Å²) in [6.07, 6.45) is -4.38. The molecule has 0 aromatic heterocycles. The molecule has 0 aliphatic rings. The minimum Gasteiger partial charge on any atom is -0.324 e. The summed E-state index contributed by atoms with van der Waals surface area (Å²) in [5.74, 6) is -0.940. The van der Waals surface area contributed by atoms with E-state index < -0.39 is 23.5 Å². The number of benzene rings is 2. The van der Waals surface area contributed by atoms with Gasteiger partial charge in [-0.1, -0.05) is 30.3 Å². The lowest BCUT2D eigenvalue weighted by atomic mass is 10.1. The Labute approximate surface area is 143 Å². The molecule has 0 fully saturated rings. The molecule has 7 heteroatoms. The van der Waals surface area contributed by atoms with E-state index in [0.717, 1.165) is 6.07 Å². The summed E-state index contributed by atoms with van der Waals surface area (Å²) >= 11 is 0. The van der Waals surface area contributed by atoms with Crippen LogP contribution in [0.2, 0.25) is 0 Å². The monoisotopic (exact) mass is 354 g/mol. The van der Waals surface area contributed by atoms with Gasteiger partial charge in [0.2, 0.25) is 5.91 Å². The van der Waals surface area contributed by atoms with Crippen LogP contribution in [-0.2, 0) is 17.5 Å². The first kappa shape index (κ1) is 18.9. The number of anilines is 1. The Hall–Kier alpha value is -2.41. The van der Waals surface area contributed by atoms with Crippen molar-refractivity contribution in [3.05, 3.63) is 65.5 Å². The van der Waals surface area contributed by atoms with Crippen LogP contribution in [0.4, 0.5) is 23.2 Å². The van der Waals surface area contributed by atoms with Crippen molar-refractivity contribution in [2.24, 2.45) is 0 Å². The van der Waals surface area contributed by atoms with Gasteiger partial charge < -0.3 is 10.2 Å². The molecule has 0 saturated heterocycles. The molecule has 0 spiro atoms. The first-order valence-corrected chi connectivity index (χ1v) is 7.65. The Morgan fingerprint density at radius 3 is 2.40 bits per heavy atom. The quantitative estimate of drug-likeness (QED) is 0.784. The highest BCUT2D eigenvalue weighted by Gasteiger charge is 2.32. The molecule has 2 rings (SSSR count). The zero-order valence-electron chi connectivity index (χ0n) is 13.6. The fraction of sp³-hybridized carbons (Fsp3) is 0.278. The summed E-state index contributed by atoms with van der Waals surface area (Å²) in [4.78, 5) is 13.5. The second kappa shape index (κ2) is 8.11. The van der Waals surface area contributed by atoms with Crippen LogP contribution in [0.1, 0.15) is 17.5 Å². The molecule has 3 nitrogen and oxygen atoms in total. The van der Waals surface area contributed by atoms with E-state index in [1.54, 1.807) is 24.1 Å². The van der Waals surface area contributed by atoms with Crippen LogP contribution in [-0.4, -0.2) is 24.4 Å². The number of nitrogens with one attached hydrogen (secondary N) is 1. The summed E-state index contributed by atoms with van der Waals surface area (Å²) in [6.45, 7) is 0.301. The fourth-order valence-corrected chi connectivity index (χ4v) is 2.37. The predicted octanol–water partition coefficient (Wildman–Crippen LogP) is 4.31. The van der Waals surface area contributed by atoms with E-state index in [9.17, 15) is 22.4 Å². The van der Waals surface area contributed by atoms with Crippen LogP contribution in [0, 0.1) is 5.82 Å². The van der Waals surface area contributed by atoms with E-state index in [1.807, 2.05) is 0 Å². The Morgan fingerprint density at radius 2 is 1.72 bits per heavy atom. The van der Waals surface area contributed by atoms with Gasteiger partial charge in [-0.15, -0.1) is 0 Å². The molecule has 0 unspecified atom stereocenters. The predicted molar refractivity (Wildman–Crippen MR) is 87.4 cm³/mol. The first-order chi connectivity index (χ1) is 11.8. The van der Waals surface area contributed by atoms with Crippen molar-refractivity contribution in [3.63, 3.8) is 0 Å². The topological polar surface area (TPSA) is 32.3 Å². The van der Waals surface area contributed by atoms with Crippen LogP contribution in [0.5, 0.6) is 0 Å². The lowest BCUT2D eigenvalue weighted by Crippen LogP contribution is -2.25. The molecule has 2 aromatic carbocycles. The van der Waals surface area contributed by atoms with Gasteiger partial charge in [-0.3, -0.25) is 4.79 Å². The highest BCUT2D eigenvalue weighted by Crippen LogP contribution is 2.32. The molecule has 0 saturated carbocycles. The van der Waals surface area contributed by atoms with Gasteiger partial charge in [-0.25, -0.2) is 4.39 Å². The molecule has 0 aliphatic heterocycles. The molecular weight excluding hydrogens is 336 g/mol. The molecule has 0 radical (unpaired) electrons. The zero-order chi connectivity index (χ0) is 18.4. The summed E-state index contributed by atoms with van der Waals surface area (Å²) in [5.41, 5.74) is -0.456. The van der Waals surface area contributed by atoms with Gasteiger partial charge >= 0.3 is 6.18 Å². The maximum Gasteiger partial charge on any atom is 0.416 e. The Kier molecular flexibility index (Phi) is 6.14. The van der Waals surface area contributed by atoms with Crippen molar-refractivity contribution < 1.29 is 22.4 Å². The number of hydrogen-bond donors (Lipinski definition) is 1. The minimum atomic E-state index is -4.42. The van der Waals surface area contributed by atoms with E-state index in [0.29, 0.717) is 0 Å². The molecule has 0 heterocycles. The van der Waals surface area contributed by atoms with Crippen LogP contribution in [0.25, 0.3) is 0 Å². The molecule has 0 atom stereocenters. The number of nitrogens with zero attached hydrogens (tertiary/aromatic N) is 1. The second-order valence-corrected chi connectivity index (χ2v) is 5.67. The normalized spacial score (nSPS) is 11.6. The first-order valence-electron chi connectivity index (χ1n) is 7.65. The summed E-state index contributed by atoms with van der Waals surface area (Å²) in [6, 6.07) is 11.1. The van der Waals surface area contributed by atoms with Crippen LogP contribution < -0.4 is 5.32 Å². The average molecular weight is 354 g/mol. The molecule has 25 heavy (non-hydrogen) atoms. The Balaban J connectivity index is 1.90. The van der Waals surface area contributed by atoms with E-state index in [2.05, 4.69) is 5.32 Å². The number of carbonyl (C=O) groups excluding carboxylic acids is 1. The van der Waals surface area contributed by atoms with E-state index >= 15 is 0 Å². The van der Waals surface area contributed by atoms with E-state index in [-0.39, 0.29) is 30.8 Å². The largest absolute Gasteiger partial charge is 0.416 e. The standard InChI is InChI=1S/C18H18F4N2O/c1-24(12-13-6-2-3-7-14(13)18(20,21)22)11-10-17(25)23-16-9-5-4-8-15(16)19/h2-9H,10-12H2,1H3,(H,23,25). The van der Waals surface area contributed by atoms with Gasteiger partial charge in [0.1, 0.15) is 5.82 Å². The van der Waals surface area contributed by atoms with Crippen LogP contribution in [0.3, 0.4) is 0 Å². The zero-order valence-corrected chi connectivity index (χ0v) is 13.6. The third kappa shape index (κ3) is 5.56. The number of carbonyl (C=O) groups is 1. The van der Waals surface area contributed by atoms with Crippen LogP contribution >= 0.6 is 0 Å². The van der Waals surface area contributed by atoms with Crippen molar-refractivity contribution in [2.75, 3.05) is 18.9 Å². The molecule has 0 bridgehead atoms. The number of halogens is 4. The second-order valence-electron chi connectivity index (χ2n) is 5.67. The highest BCUT2D eigenvalue weighted by atomic mass is 19.4. The van der Waals surface area contributed by atoms with Crippen molar-refractivity contribution >= 4 is 11.6 Å². The number of alkyl halides is 3. The van der Waals surface area contributed by atoms with Gasteiger partial charge in [0, 0.05) is 19.5 Å². The Bertz CT molecular complexity index is 731. The fourth-order valence-electron chi connectivity index (χ4n) is 2.37. The SMILES string of the molecule is CN(CCC(=O)Nc1ccccc1F)Cc1ccccc1C(F)(F)F. The van der Waals surface area contributed by atoms with E-state index in [4.69, 9.17) is 0 Å². The van der Waals surface area contributed by atoms with Crippen molar-refractivity contribution in [1.29, 1.82) is 0 Å². The number of amides is 1. The third-order valence-electron chi connectivity index (χ3n) is 3.63. The Morgan fingerprint density at radius 1 is 1.08 bits per heavy atom. The molecule has 1 N–H and O–H groups in total. The number of rotatable bonds is 6. The minimum absolute atomic E-state index is 0.0407. The third-order valence-corrected chi connectivity index (χ3v) is 3.63. The van der Waals surface area contributed by atoms with Gasteiger partial charge in [0.15, 0.2) is 0 Å². The summed E-state index contributed by atoms with van der Waals surface area (Å²) in [5, 5.41) is 2.44. The van der Waals surface area contributed by atoms with E-state index in [1.165, 1.54) is 30.3 Å². The molecule has 134 valence electrons. The molecule has 2 aromatic rings. The summed E-state index contributed by atoms with van der Waals surface area (Å²) < 4.78 is 52.4. The van der Waals surface area contributed by atoms with Crippen molar-refractivity contribution in [3.8, 4) is 0 Å². The summed E-state index contributed by atoms with van der Waals surface area (Å²) in [7, 11) is 1.63. The smallest absolute Gasteiger partial charge is 0.324 e. The average Bonchev–Trinajstić information content (AvgIpc) is 2.55. The van der Waals surface area contributed by atoms with Gasteiger partial charge in [-0.2, -0.15) is 13.2 Å². The number of hydrogen-bond acceptors (Lipinski definition) is 2. The number of para-hydroxylation sites is 1. The molecule has 1 amide bonds. The highest BCUT2D eigenvalue weighted by molar-refractivity contribution is 5.90. The molecular formula is C18H18F4N2O. The van der Waals surface area contributed by atoms with Crippen LogP contribution in [0.15, 0.2) is 48.5 Å². The van der Waals surface area contributed by atoms with Gasteiger partial charge in [0.25, 0.3) is 0 Å².